The van der Waals surface area contributed by atoms with Gasteiger partial charge in [-0.25, -0.2) is 0 Å². The molecule has 0 saturated heterocycles. The summed E-state index contributed by atoms with van der Waals surface area (Å²) in [6.07, 6.45) is 16.9. The van der Waals surface area contributed by atoms with Crippen LogP contribution in [0.2, 0.25) is 0 Å². The van der Waals surface area contributed by atoms with Gasteiger partial charge in [-0.15, -0.1) is 0 Å². The van der Waals surface area contributed by atoms with Crippen molar-refractivity contribution >= 4 is 5.78 Å². The Bertz CT molecular complexity index is 2160. The predicted octanol–water partition coefficient (Wildman–Crippen LogP) is 10.0. The third-order valence-electron chi connectivity index (χ3n) is 19.8. The summed E-state index contributed by atoms with van der Waals surface area (Å²) in [6.45, 7) is 6.70. The van der Waals surface area contributed by atoms with E-state index >= 15 is 0 Å². The summed E-state index contributed by atoms with van der Waals surface area (Å²) in [7, 11) is 0. The van der Waals surface area contributed by atoms with Crippen molar-refractivity contribution in [2.75, 3.05) is 0 Å². The van der Waals surface area contributed by atoms with Crippen LogP contribution in [0.4, 0.5) is 0 Å². The topological polar surface area (TPSA) is 138 Å². The molecule has 6 N–H and O–H groups in total. The van der Waals surface area contributed by atoms with E-state index in [0.717, 1.165) is 89.4 Å². The van der Waals surface area contributed by atoms with Crippen LogP contribution in [0.1, 0.15) is 162 Å². The Morgan fingerprint density at radius 3 is 1.48 bits per heavy atom. The Morgan fingerprint density at radius 1 is 0.492 bits per heavy atom. The normalized spacial score (nSPS) is 42.2. The number of hydrogen-bond acceptors (Lipinski definition) is 7. The third kappa shape index (κ3) is 6.71. The lowest BCUT2D eigenvalue weighted by molar-refractivity contribution is -0.129. The Morgan fingerprint density at radius 2 is 0.951 bits per heavy atom. The second-order valence-corrected chi connectivity index (χ2v) is 22.2. The maximum Gasteiger partial charge on any atom is 0.139 e. The van der Waals surface area contributed by atoms with Gasteiger partial charge in [-0.1, -0.05) is 39.0 Å². The summed E-state index contributed by atoms with van der Waals surface area (Å²) < 4.78 is 0. The van der Waals surface area contributed by atoms with Crippen LogP contribution in [0.25, 0.3) is 0 Å². The summed E-state index contributed by atoms with van der Waals surface area (Å²) in [4.78, 5) is 12.3. The molecule has 12 rings (SSSR count). The number of fused-ring (bicyclic) bond motifs is 15. The molecule has 9 aliphatic carbocycles. The average Bonchev–Trinajstić information content (AvgIpc) is 3.82. The molecule has 15 atom stereocenters. The summed E-state index contributed by atoms with van der Waals surface area (Å²) in [5.74, 6) is 7.15. The number of aryl methyl sites for hydroxylation is 3. The molecule has 61 heavy (non-hydrogen) atoms. The number of phenolic OH excluding ortho intramolecular Hbond substituents is 3. The van der Waals surface area contributed by atoms with E-state index in [1.165, 1.54) is 59.1 Å². The minimum Gasteiger partial charge on any atom is -0.508 e. The van der Waals surface area contributed by atoms with Crippen molar-refractivity contribution in [3.63, 3.8) is 0 Å². The van der Waals surface area contributed by atoms with E-state index in [9.17, 15) is 35.4 Å². The number of benzene rings is 3. The van der Waals surface area contributed by atoms with Gasteiger partial charge in [0.05, 0.1) is 18.3 Å². The number of carbonyl (C=O) groups excluding carboxylic acids is 1. The molecule has 0 amide bonds. The smallest absolute Gasteiger partial charge is 0.139 e. The van der Waals surface area contributed by atoms with Crippen molar-refractivity contribution in [2.24, 2.45) is 51.8 Å². The average molecular weight is 831 g/mol. The van der Waals surface area contributed by atoms with E-state index < -0.39 is 12.2 Å². The molecule has 0 radical (unpaired) electrons. The van der Waals surface area contributed by atoms with Crippen LogP contribution in [-0.2, 0) is 24.1 Å². The first-order chi connectivity index (χ1) is 29.2. The number of ketones is 1. The lowest BCUT2D eigenvalue weighted by Gasteiger charge is -2.50. The highest BCUT2D eigenvalue weighted by atomic mass is 16.3. The number of phenols is 3. The van der Waals surface area contributed by atoms with Crippen LogP contribution in [0.15, 0.2) is 54.6 Å². The van der Waals surface area contributed by atoms with E-state index in [2.05, 4.69) is 39.0 Å². The van der Waals surface area contributed by atoms with Crippen molar-refractivity contribution in [1.29, 1.82) is 0 Å². The molecular formula is C54H70O7. The van der Waals surface area contributed by atoms with Gasteiger partial charge >= 0.3 is 0 Å². The minimum atomic E-state index is -0.565. The molecule has 0 aliphatic heterocycles. The second kappa shape index (κ2) is 15.4. The van der Waals surface area contributed by atoms with Crippen LogP contribution >= 0.6 is 0 Å². The summed E-state index contributed by atoms with van der Waals surface area (Å²) in [5, 5.41) is 59.9. The number of aliphatic hydroxyl groups excluding tert-OH is 3. The Labute approximate surface area is 363 Å². The monoisotopic (exact) mass is 831 g/mol. The molecule has 6 saturated carbocycles. The van der Waals surface area contributed by atoms with Gasteiger partial charge in [0.2, 0.25) is 0 Å². The number of rotatable bonds is 0. The van der Waals surface area contributed by atoms with Crippen LogP contribution in [-0.4, -0.2) is 54.7 Å². The molecule has 7 heteroatoms. The molecule has 3 aromatic rings. The molecule has 0 heterocycles. The number of Topliss-reactive ketones (excluding diaryl/α,β-unsaturated/α-hetero) is 1. The number of hydrogen-bond donors (Lipinski definition) is 6. The van der Waals surface area contributed by atoms with Crippen LogP contribution in [0, 0.1) is 51.8 Å². The Kier molecular flexibility index (Phi) is 10.5. The van der Waals surface area contributed by atoms with Gasteiger partial charge in [-0.2, -0.15) is 0 Å². The van der Waals surface area contributed by atoms with Gasteiger partial charge < -0.3 is 30.6 Å². The lowest BCUT2D eigenvalue weighted by atomic mass is 9.55. The quantitative estimate of drug-likeness (QED) is 0.133. The van der Waals surface area contributed by atoms with Gasteiger partial charge in [-0.05, 0) is 237 Å². The SMILES string of the molecule is CC12CCC3c4ccc(O)cc4CCC3C1CC(O)C2O.CC12CCC3c4ccc(O)cc4CCC3C1CCC2=O.CC12CCC3c4ccc(O)cc4CCC3C1CCC2O. The summed E-state index contributed by atoms with van der Waals surface area (Å²) in [5.41, 5.74) is 8.30. The molecule has 3 aromatic carbocycles. The standard InChI is InChI=1S/C18H24O3.C18H24O2.C18H22O2/c1-18-7-6-13-12-5-3-11(19)8-10(12)2-4-14(13)15(18)9-16(20)17(18)21;2*1-18-9-8-14-13-5-3-12(19)10-11(13)2-4-15(14)16(18)6-7-17(18)20/h3,5,8,13-17,19-21H,2,4,6-7,9H2,1H3;3,5,10,14-17,19-20H,2,4,6-9H2,1H3;3,5,10,14-16,19H,2,4,6-9H2,1H3. The fraction of sp³-hybridized carbons (Fsp3) is 0.648. The van der Waals surface area contributed by atoms with Crippen LogP contribution in [0.5, 0.6) is 17.2 Å². The van der Waals surface area contributed by atoms with Crippen molar-refractivity contribution in [3.05, 3.63) is 88.0 Å². The van der Waals surface area contributed by atoms with Gasteiger partial charge in [-0.3, -0.25) is 4.79 Å². The zero-order valence-electron chi connectivity index (χ0n) is 36.7. The maximum absolute atomic E-state index is 12.3. The minimum absolute atomic E-state index is 0.0322. The first-order valence-corrected chi connectivity index (χ1v) is 24.2. The van der Waals surface area contributed by atoms with Gasteiger partial charge in [0.15, 0.2) is 0 Å². The highest BCUT2D eigenvalue weighted by molar-refractivity contribution is 5.87. The van der Waals surface area contributed by atoms with E-state index in [1.54, 1.807) is 6.07 Å². The fourth-order valence-corrected chi connectivity index (χ4v) is 16.4. The molecular weight excluding hydrogens is 761 g/mol. The molecule has 15 unspecified atom stereocenters. The Balaban J connectivity index is 0.000000110. The van der Waals surface area contributed by atoms with Crippen molar-refractivity contribution < 1.29 is 35.4 Å². The van der Waals surface area contributed by atoms with E-state index in [4.69, 9.17) is 0 Å². The molecule has 328 valence electrons. The van der Waals surface area contributed by atoms with Crippen LogP contribution < -0.4 is 0 Å². The molecule has 0 bridgehead atoms. The highest BCUT2D eigenvalue weighted by Crippen LogP contribution is 2.63. The molecule has 6 fully saturated rings. The second-order valence-electron chi connectivity index (χ2n) is 22.2. The maximum atomic E-state index is 12.3. The van der Waals surface area contributed by atoms with Gasteiger partial charge in [0.25, 0.3) is 0 Å². The number of carbonyl (C=O) groups is 1. The molecule has 7 nitrogen and oxygen atoms in total. The number of aliphatic hydroxyl groups is 3. The molecule has 0 spiro atoms. The lowest BCUT2D eigenvalue weighted by Crippen LogP contribution is -2.44. The predicted molar refractivity (Wildman–Crippen MR) is 237 cm³/mol. The zero-order valence-corrected chi connectivity index (χ0v) is 36.7. The fourth-order valence-electron chi connectivity index (χ4n) is 16.4. The van der Waals surface area contributed by atoms with E-state index in [0.29, 0.717) is 70.4 Å². The molecule has 0 aromatic heterocycles. The Hall–Kier alpha value is -3.39. The number of aromatic hydroxyl groups is 3. The first kappa shape index (κ1) is 41.6. The van der Waals surface area contributed by atoms with Gasteiger partial charge in [0, 0.05) is 11.8 Å². The van der Waals surface area contributed by atoms with E-state index in [-0.39, 0.29) is 22.3 Å². The van der Waals surface area contributed by atoms with Gasteiger partial charge in [0.1, 0.15) is 23.0 Å². The largest absolute Gasteiger partial charge is 0.508 e. The molecule has 9 aliphatic rings. The highest BCUT2D eigenvalue weighted by Gasteiger charge is 2.58. The van der Waals surface area contributed by atoms with Crippen molar-refractivity contribution in [2.45, 2.75) is 166 Å². The third-order valence-corrected chi connectivity index (χ3v) is 19.8. The van der Waals surface area contributed by atoms with Crippen LogP contribution in [0.3, 0.4) is 0 Å². The summed E-state index contributed by atoms with van der Waals surface area (Å²) >= 11 is 0. The van der Waals surface area contributed by atoms with Crippen molar-refractivity contribution in [3.8, 4) is 17.2 Å². The first-order valence-electron chi connectivity index (χ1n) is 24.2. The summed E-state index contributed by atoms with van der Waals surface area (Å²) in [6, 6.07) is 17.7. The zero-order chi connectivity index (χ0) is 42.6. The van der Waals surface area contributed by atoms with E-state index in [1.807, 2.05) is 30.3 Å². The van der Waals surface area contributed by atoms with Crippen molar-refractivity contribution in [1.82, 2.24) is 0 Å².